The van der Waals surface area contributed by atoms with Gasteiger partial charge in [-0.05, 0) is 42.5 Å². The van der Waals surface area contributed by atoms with Crippen LogP contribution >= 0.6 is 0 Å². The molecule has 0 aromatic heterocycles. The Morgan fingerprint density at radius 3 is 2.50 bits per heavy atom. The summed E-state index contributed by atoms with van der Waals surface area (Å²) in [5.41, 5.74) is 2.78. The lowest BCUT2D eigenvalue weighted by Crippen LogP contribution is -2.25. The first-order valence-corrected chi connectivity index (χ1v) is 7.79. The molecule has 0 saturated carbocycles. The zero-order valence-corrected chi connectivity index (χ0v) is 14.0. The lowest BCUT2D eigenvalue weighted by molar-refractivity contribution is 0.254. The molecule has 0 aliphatic carbocycles. The molecule has 0 radical (unpaired) electrons. The van der Waals surface area contributed by atoms with Gasteiger partial charge in [-0.3, -0.25) is 0 Å². The van der Waals surface area contributed by atoms with Crippen LogP contribution in [0.25, 0.3) is 0 Å². The summed E-state index contributed by atoms with van der Waals surface area (Å²) in [6.07, 6.45) is 1.18. The summed E-state index contributed by atoms with van der Waals surface area (Å²) in [6, 6.07) is 6.54. The van der Waals surface area contributed by atoms with Gasteiger partial charge in [0.1, 0.15) is 5.75 Å². The largest absolute Gasteiger partial charge is 0.493 e. The van der Waals surface area contributed by atoms with Gasteiger partial charge >= 0.3 is 0 Å². The van der Waals surface area contributed by atoms with Crippen molar-refractivity contribution in [2.45, 2.75) is 53.4 Å². The summed E-state index contributed by atoms with van der Waals surface area (Å²) in [5, 5.41) is 3.43. The van der Waals surface area contributed by atoms with Crippen molar-refractivity contribution in [1.29, 1.82) is 0 Å². The highest BCUT2D eigenvalue weighted by Gasteiger charge is 2.15. The maximum absolute atomic E-state index is 5.96. The molecule has 0 saturated heterocycles. The first-order valence-electron chi connectivity index (χ1n) is 7.79. The molecule has 2 nitrogen and oxygen atoms in total. The molecule has 0 aliphatic heterocycles. The maximum Gasteiger partial charge on any atom is 0.122 e. The van der Waals surface area contributed by atoms with Crippen molar-refractivity contribution in [2.75, 3.05) is 19.7 Å². The molecule has 1 aromatic carbocycles. The summed E-state index contributed by atoms with van der Waals surface area (Å²) in [6.45, 7) is 16.1. The van der Waals surface area contributed by atoms with Crippen LogP contribution in [0.1, 0.15) is 52.2 Å². The molecule has 0 heterocycles. The molecule has 1 rings (SSSR count). The van der Waals surface area contributed by atoms with Crippen LogP contribution in [-0.2, 0) is 5.41 Å². The van der Waals surface area contributed by atoms with E-state index in [-0.39, 0.29) is 5.41 Å². The van der Waals surface area contributed by atoms with E-state index in [9.17, 15) is 0 Å². The van der Waals surface area contributed by atoms with E-state index < -0.39 is 0 Å². The molecular formula is C18H31NO. The second-order valence-corrected chi connectivity index (χ2v) is 6.85. The third kappa shape index (κ3) is 5.54. The lowest BCUT2D eigenvalue weighted by atomic mass is 9.86. The van der Waals surface area contributed by atoms with Crippen LogP contribution < -0.4 is 10.1 Å². The minimum Gasteiger partial charge on any atom is -0.493 e. The quantitative estimate of drug-likeness (QED) is 0.750. The van der Waals surface area contributed by atoms with Gasteiger partial charge in [0, 0.05) is 12.5 Å². The standard InChI is InChI=1S/C18H31NO/c1-7-10-19-12-14(2)13-20-17-9-8-16(11-15(17)3)18(4,5)6/h8-9,11,14,19H,7,10,12-13H2,1-6H3. The van der Waals surface area contributed by atoms with Crippen LogP contribution in [0.15, 0.2) is 18.2 Å². The van der Waals surface area contributed by atoms with Gasteiger partial charge in [0.25, 0.3) is 0 Å². The van der Waals surface area contributed by atoms with Crippen molar-refractivity contribution < 1.29 is 4.74 Å². The van der Waals surface area contributed by atoms with Crippen LogP contribution in [0, 0.1) is 12.8 Å². The number of aryl methyl sites for hydroxylation is 1. The average Bonchev–Trinajstić information content (AvgIpc) is 2.36. The molecule has 20 heavy (non-hydrogen) atoms. The van der Waals surface area contributed by atoms with Gasteiger partial charge in [-0.15, -0.1) is 0 Å². The van der Waals surface area contributed by atoms with Gasteiger partial charge in [-0.25, -0.2) is 0 Å². The molecule has 0 amide bonds. The van der Waals surface area contributed by atoms with E-state index in [1.807, 2.05) is 0 Å². The van der Waals surface area contributed by atoms with Crippen molar-refractivity contribution in [3.05, 3.63) is 29.3 Å². The number of hydrogen-bond donors (Lipinski definition) is 1. The maximum atomic E-state index is 5.96. The van der Waals surface area contributed by atoms with Crippen molar-refractivity contribution >= 4 is 0 Å². The minimum atomic E-state index is 0.195. The van der Waals surface area contributed by atoms with Gasteiger partial charge in [0.15, 0.2) is 0 Å². The molecule has 2 heteroatoms. The number of ether oxygens (including phenoxy) is 1. The molecule has 0 aliphatic rings. The Morgan fingerprint density at radius 2 is 1.95 bits per heavy atom. The van der Waals surface area contributed by atoms with Gasteiger partial charge in [0.05, 0.1) is 6.61 Å². The molecule has 1 N–H and O–H groups in total. The number of nitrogens with one attached hydrogen (secondary N) is 1. The molecule has 0 bridgehead atoms. The second kappa shape index (κ2) is 7.68. The van der Waals surface area contributed by atoms with E-state index in [1.165, 1.54) is 17.5 Å². The Balaban J connectivity index is 2.52. The molecule has 1 aromatic rings. The molecule has 0 fully saturated rings. The lowest BCUT2D eigenvalue weighted by Gasteiger charge is -2.21. The Labute approximate surface area is 124 Å². The topological polar surface area (TPSA) is 21.3 Å². The predicted molar refractivity (Wildman–Crippen MR) is 87.7 cm³/mol. The van der Waals surface area contributed by atoms with E-state index in [1.54, 1.807) is 0 Å². The third-order valence-corrected chi connectivity index (χ3v) is 3.48. The number of benzene rings is 1. The highest BCUT2D eigenvalue weighted by molar-refractivity contribution is 5.38. The molecule has 114 valence electrons. The smallest absolute Gasteiger partial charge is 0.122 e. The highest BCUT2D eigenvalue weighted by atomic mass is 16.5. The first-order chi connectivity index (χ1) is 9.34. The van der Waals surface area contributed by atoms with Crippen molar-refractivity contribution in [2.24, 2.45) is 5.92 Å². The highest BCUT2D eigenvalue weighted by Crippen LogP contribution is 2.27. The van der Waals surface area contributed by atoms with Crippen molar-refractivity contribution in [1.82, 2.24) is 5.32 Å². The molecule has 1 unspecified atom stereocenters. The Hall–Kier alpha value is -1.02. The van der Waals surface area contributed by atoms with E-state index in [4.69, 9.17) is 4.74 Å². The van der Waals surface area contributed by atoms with Gasteiger partial charge in [-0.2, -0.15) is 0 Å². The van der Waals surface area contributed by atoms with Gasteiger partial charge in [0.2, 0.25) is 0 Å². The minimum absolute atomic E-state index is 0.195. The third-order valence-electron chi connectivity index (χ3n) is 3.48. The summed E-state index contributed by atoms with van der Waals surface area (Å²) in [5.74, 6) is 1.54. The predicted octanol–water partition coefficient (Wildman–Crippen LogP) is 4.31. The van der Waals surface area contributed by atoms with Crippen LogP contribution in [0.3, 0.4) is 0 Å². The fourth-order valence-corrected chi connectivity index (χ4v) is 2.09. The van der Waals surface area contributed by atoms with Crippen LogP contribution in [0.5, 0.6) is 5.75 Å². The zero-order chi connectivity index (χ0) is 15.2. The number of rotatable bonds is 7. The van der Waals surface area contributed by atoms with Crippen molar-refractivity contribution in [3.63, 3.8) is 0 Å². The van der Waals surface area contributed by atoms with Gasteiger partial charge < -0.3 is 10.1 Å². The normalized spacial score (nSPS) is 13.3. The van der Waals surface area contributed by atoms with E-state index in [2.05, 4.69) is 65.1 Å². The summed E-state index contributed by atoms with van der Waals surface area (Å²) < 4.78 is 5.96. The fraction of sp³-hybridized carbons (Fsp3) is 0.667. The van der Waals surface area contributed by atoms with Gasteiger partial charge in [-0.1, -0.05) is 46.8 Å². The fourth-order valence-electron chi connectivity index (χ4n) is 2.09. The zero-order valence-electron chi connectivity index (χ0n) is 14.0. The summed E-state index contributed by atoms with van der Waals surface area (Å²) in [7, 11) is 0. The Bertz CT molecular complexity index is 406. The summed E-state index contributed by atoms with van der Waals surface area (Å²) in [4.78, 5) is 0. The van der Waals surface area contributed by atoms with E-state index in [0.717, 1.165) is 25.4 Å². The second-order valence-electron chi connectivity index (χ2n) is 6.85. The molecule has 0 spiro atoms. The van der Waals surface area contributed by atoms with E-state index in [0.29, 0.717) is 5.92 Å². The van der Waals surface area contributed by atoms with E-state index >= 15 is 0 Å². The number of hydrogen-bond acceptors (Lipinski definition) is 2. The average molecular weight is 277 g/mol. The van der Waals surface area contributed by atoms with Crippen LogP contribution in [-0.4, -0.2) is 19.7 Å². The SMILES string of the molecule is CCCNCC(C)COc1ccc(C(C)(C)C)cc1C. The molecule has 1 atom stereocenters. The Morgan fingerprint density at radius 1 is 1.25 bits per heavy atom. The summed E-state index contributed by atoms with van der Waals surface area (Å²) >= 11 is 0. The van der Waals surface area contributed by atoms with Crippen LogP contribution in [0.2, 0.25) is 0 Å². The van der Waals surface area contributed by atoms with Crippen molar-refractivity contribution in [3.8, 4) is 5.75 Å². The Kier molecular flexibility index (Phi) is 6.54. The van der Waals surface area contributed by atoms with Crippen LogP contribution in [0.4, 0.5) is 0 Å². The first kappa shape index (κ1) is 17.0. The molecular weight excluding hydrogens is 246 g/mol. The monoisotopic (exact) mass is 277 g/mol.